The van der Waals surface area contributed by atoms with E-state index in [1.807, 2.05) is 6.07 Å². The molecular formula is C9H9ClN2O. The summed E-state index contributed by atoms with van der Waals surface area (Å²) in [5.41, 5.74) is 1.51. The lowest BCUT2D eigenvalue weighted by atomic mass is 10.1. The Morgan fingerprint density at radius 2 is 2.31 bits per heavy atom. The van der Waals surface area contributed by atoms with Gasteiger partial charge in [0.2, 0.25) is 0 Å². The highest BCUT2D eigenvalue weighted by molar-refractivity contribution is 6.31. The highest BCUT2D eigenvalue weighted by Crippen LogP contribution is 2.23. The van der Waals surface area contributed by atoms with E-state index < -0.39 is 6.10 Å². The molecule has 0 aliphatic carbocycles. The zero-order chi connectivity index (χ0) is 9.42. The lowest BCUT2D eigenvalue weighted by molar-refractivity contribution is 0.195. The summed E-state index contributed by atoms with van der Waals surface area (Å²) in [6.07, 6.45) is -0.536. The van der Waals surface area contributed by atoms with Gasteiger partial charge in [-0.1, -0.05) is 11.6 Å². The number of aliphatic hydroxyl groups excluding tert-OH is 1. The van der Waals surface area contributed by atoms with Gasteiger partial charge >= 0.3 is 0 Å². The SMILES string of the molecule is CC(O)c1[nH]nc2cc(Cl)ccc12. The average molecular weight is 197 g/mol. The quantitative estimate of drug-likeness (QED) is 0.735. The normalized spacial score (nSPS) is 13.5. The summed E-state index contributed by atoms with van der Waals surface area (Å²) in [5, 5.41) is 17.8. The fourth-order valence-electron chi connectivity index (χ4n) is 1.32. The van der Waals surface area contributed by atoms with Crippen molar-refractivity contribution >= 4 is 22.5 Å². The molecule has 0 radical (unpaired) electrons. The minimum Gasteiger partial charge on any atom is -0.387 e. The molecule has 0 fully saturated rings. The second-order valence-electron chi connectivity index (χ2n) is 2.97. The Bertz CT molecular complexity index is 436. The molecule has 1 unspecified atom stereocenters. The van der Waals surface area contributed by atoms with Crippen LogP contribution >= 0.6 is 11.6 Å². The molecule has 13 heavy (non-hydrogen) atoms. The minimum atomic E-state index is -0.536. The number of fused-ring (bicyclic) bond motifs is 1. The van der Waals surface area contributed by atoms with Gasteiger partial charge in [0, 0.05) is 10.4 Å². The standard InChI is InChI=1S/C9H9ClN2O/c1-5(13)9-7-3-2-6(10)4-8(7)11-12-9/h2-5,13H,1H3,(H,11,12). The minimum absolute atomic E-state index is 0.536. The van der Waals surface area contributed by atoms with E-state index in [0.717, 1.165) is 16.6 Å². The molecule has 3 nitrogen and oxygen atoms in total. The maximum atomic E-state index is 9.38. The zero-order valence-electron chi connectivity index (χ0n) is 7.08. The van der Waals surface area contributed by atoms with Crippen LogP contribution in [-0.2, 0) is 0 Å². The third kappa shape index (κ3) is 1.41. The Morgan fingerprint density at radius 3 is 3.00 bits per heavy atom. The van der Waals surface area contributed by atoms with Crippen molar-refractivity contribution < 1.29 is 5.11 Å². The third-order valence-electron chi connectivity index (χ3n) is 1.96. The lowest BCUT2D eigenvalue weighted by Crippen LogP contribution is -1.91. The predicted octanol–water partition coefficient (Wildman–Crippen LogP) is 2.27. The number of aromatic amines is 1. The van der Waals surface area contributed by atoms with Gasteiger partial charge in [0.25, 0.3) is 0 Å². The van der Waals surface area contributed by atoms with Crippen LogP contribution in [0.2, 0.25) is 5.02 Å². The van der Waals surface area contributed by atoms with Crippen LogP contribution in [0.15, 0.2) is 18.2 Å². The molecule has 0 aliphatic heterocycles. The molecule has 4 heteroatoms. The van der Waals surface area contributed by atoms with Gasteiger partial charge in [-0.3, -0.25) is 5.10 Å². The van der Waals surface area contributed by atoms with Gasteiger partial charge in [-0.2, -0.15) is 5.10 Å². The molecule has 0 amide bonds. The molecule has 0 saturated carbocycles. The first kappa shape index (κ1) is 8.53. The van der Waals surface area contributed by atoms with Crippen molar-refractivity contribution in [2.24, 2.45) is 0 Å². The molecule has 2 aromatic rings. The molecule has 0 bridgehead atoms. The van der Waals surface area contributed by atoms with Crippen molar-refractivity contribution in [1.82, 2.24) is 10.2 Å². The van der Waals surface area contributed by atoms with Crippen LogP contribution in [0.4, 0.5) is 0 Å². The fraction of sp³-hybridized carbons (Fsp3) is 0.222. The fourth-order valence-corrected chi connectivity index (χ4v) is 1.49. The summed E-state index contributed by atoms with van der Waals surface area (Å²) in [4.78, 5) is 0. The van der Waals surface area contributed by atoms with Gasteiger partial charge in [-0.25, -0.2) is 0 Å². The van der Waals surface area contributed by atoms with Crippen molar-refractivity contribution in [2.75, 3.05) is 0 Å². The molecule has 1 aromatic heterocycles. The van der Waals surface area contributed by atoms with Crippen molar-refractivity contribution in [1.29, 1.82) is 0 Å². The molecule has 68 valence electrons. The van der Waals surface area contributed by atoms with E-state index in [-0.39, 0.29) is 0 Å². The largest absolute Gasteiger partial charge is 0.387 e. The van der Waals surface area contributed by atoms with Crippen LogP contribution in [0.25, 0.3) is 10.9 Å². The number of halogens is 1. The molecule has 2 rings (SSSR count). The van der Waals surface area contributed by atoms with Crippen molar-refractivity contribution in [3.63, 3.8) is 0 Å². The predicted molar refractivity (Wildman–Crippen MR) is 51.7 cm³/mol. The van der Waals surface area contributed by atoms with E-state index in [2.05, 4.69) is 10.2 Å². The first-order chi connectivity index (χ1) is 6.18. The number of hydrogen-bond donors (Lipinski definition) is 2. The molecule has 0 aliphatic rings. The smallest absolute Gasteiger partial charge is 0.0939 e. The molecule has 1 aromatic carbocycles. The second-order valence-corrected chi connectivity index (χ2v) is 3.41. The monoisotopic (exact) mass is 196 g/mol. The number of nitrogens with zero attached hydrogens (tertiary/aromatic N) is 1. The molecule has 0 spiro atoms. The number of nitrogens with one attached hydrogen (secondary N) is 1. The van der Waals surface area contributed by atoms with Crippen molar-refractivity contribution in [3.05, 3.63) is 28.9 Å². The van der Waals surface area contributed by atoms with Crippen LogP contribution in [0, 0.1) is 0 Å². The summed E-state index contributed by atoms with van der Waals surface area (Å²) >= 11 is 5.79. The molecular weight excluding hydrogens is 188 g/mol. The number of hydrogen-bond acceptors (Lipinski definition) is 2. The first-order valence-electron chi connectivity index (χ1n) is 4.00. The molecule has 0 saturated heterocycles. The number of aromatic nitrogens is 2. The highest BCUT2D eigenvalue weighted by atomic mass is 35.5. The topological polar surface area (TPSA) is 48.9 Å². The number of aliphatic hydroxyl groups is 1. The van der Waals surface area contributed by atoms with Crippen molar-refractivity contribution in [3.8, 4) is 0 Å². The lowest BCUT2D eigenvalue weighted by Gasteiger charge is -1.99. The Hall–Kier alpha value is -1.06. The summed E-state index contributed by atoms with van der Waals surface area (Å²) < 4.78 is 0. The van der Waals surface area contributed by atoms with Gasteiger partial charge in [-0.05, 0) is 25.1 Å². The van der Waals surface area contributed by atoms with E-state index in [4.69, 9.17) is 11.6 Å². The molecule has 1 atom stereocenters. The van der Waals surface area contributed by atoms with Crippen LogP contribution in [0.1, 0.15) is 18.7 Å². The van der Waals surface area contributed by atoms with E-state index in [9.17, 15) is 5.11 Å². The summed E-state index contributed by atoms with van der Waals surface area (Å²) in [7, 11) is 0. The van der Waals surface area contributed by atoms with Crippen molar-refractivity contribution in [2.45, 2.75) is 13.0 Å². The van der Waals surface area contributed by atoms with Gasteiger partial charge in [0.15, 0.2) is 0 Å². The third-order valence-corrected chi connectivity index (χ3v) is 2.20. The van der Waals surface area contributed by atoms with Gasteiger partial charge in [-0.15, -0.1) is 0 Å². The molecule has 2 N–H and O–H groups in total. The Balaban J connectivity index is 2.69. The molecule has 1 heterocycles. The Labute approximate surface area is 80.3 Å². The average Bonchev–Trinajstić information content (AvgIpc) is 2.46. The Morgan fingerprint density at radius 1 is 1.54 bits per heavy atom. The van der Waals surface area contributed by atoms with Crippen LogP contribution in [0.5, 0.6) is 0 Å². The summed E-state index contributed by atoms with van der Waals surface area (Å²) in [6.45, 7) is 1.70. The second kappa shape index (κ2) is 3.01. The van der Waals surface area contributed by atoms with E-state index in [0.29, 0.717) is 5.02 Å². The van der Waals surface area contributed by atoms with Crippen LogP contribution < -0.4 is 0 Å². The number of benzene rings is 1. The van der Waals surface area contributed by atoms with Gasteiger partial charge in [0.05, 0.1) is 17.3 Å². The summed E-state index contributed by atoms with van der Waals surface area (Å²) in [6, 6.07) is 5.40. The van der Waals surface area contributed by atoms with Crippen LogP contribution in [-0.4, -0.2) is 15.3 Å². The zero-order valence-corrected chi connectivity index (χ0v) is 7.84. The van der Waals surface area contributed by atoms with E-state index in [1.54, 1.807) is 19.1 Å². The van der Waals surface area contributed by atoms with E-state index >= 15 is 0 Å². The highest BCUT2D eigenvalue weighted by Gasteiger charge is 2.09. The van der Waals surface area contributed by atoms with Gasteiger partial charge in [0.1, 0.15) is 0 Å². The Kier molecular flexibility index (Phi) is 1.98. The van der Waals surface area contributed by atoms with Crippen LogP contribution in [0.3, 0.4) is 0 Å². The number of rotatable bonds is 1. The summed E-state index contributed by atoms with van der Waals surface area (Å²) in [5.74, 6) is 0. The maximum Gasteiger partial charge on any atom is 0.0939 e. The maximum absolute atomic E-state index is 9.38. The number of H-pyrrole nitrogens is 1. The van der Waals surface area contributed by atoms with Gasteiger partial charge < -0.3 is 5.11 Å². The van der Waals surface area contributed by atoms with E-state index in [1.165, 1.54) is 0 Å². The first-order valence-corrected chi connectivity index (χ1v) is 4.38.